The number of carbonyl (C=O) groups is 3. The number of likely N-dealkylation sites (tertiary alicyclic amines) is 1. The van der Waals surface area contributed by atoms with Crippen LogP contribution in [0.2, 0.25) is 0 Å². The quantitative estimate of drug-likeness (QED) is 0.208. The number of amides is 1. The highest BCUT2D eigenvalue weighted by Gasteiger charge is 2.44. The van der Waals surface area contributed by atoms with Gasteiger partial charge in [0.05, 0.1) is 44.5 Å². The van der Waals surface area contributed by atoms with Crippen LogP contribution < -0.4 is 14.7 Å². The summed E-state index contributed by atoms with van der Waals surface area (Å²) in [5.74, 6) is -3.68. The Kier molecular flexibility index (Phi) is 9.63. The van der Waals surface area contributed by atoms with E-state index in [-0.39, 0.29) is 29.5 Å². The molecule has 1 atom stereocenters. The largest absolute Gasteiger partial charge is 0.872 e. The van der Waals surface area contributed by atoms with Gasteiger partial charge in [-0.15, -0.1) is 0 Å². The number of hydrogen-bond acceptors (Lipinski definition) is 6. The minimum absolute atomic E-state index is 0.00847. The number of Topliss-reactive ketones (excluding diaryl/α,β-unsaturated/α-hetero) is 1. The summed E-state index contributed by atoms with van der Waals surface area (Å²) in [6, 6.07) is 9.02. The standard InChI is InChI=1S/C29H35FN2O6/c1-6-31(7-2)15-8-16-32-25(19-9-11-20(12-10-19)29(36)37-5)24(27(34)28(32)35)26(33)21-13-14-23(22(30)17-21)38-18(3)4/h9-14,17-18,25,33H,6-8,15-16H2,1-5H3. The maximum atomic E-state index is 14.7. The van der Waals surface area contributed by atoms with E-state index in [2.05, 4.69) is 13.8 Å². The van der Waals surface area contributed by atoms with Crippen molar-refractivity contribution in [2.75, 3.05) is 33.3 Å². The van der Waals surface area contributed by atoms with Crippen molar-refractivity contribution in [3.8, 4) is 5.75 Å². The van der Waals surface area contributed by atoms with Crippen LogP contribution in [0, 0.1) is 5.82 Å². The van der Waals surface area contributed by atoms with Crippen LogP contribution in [0.25, 0.3) is 5.76 Å². The molecule has 0 bridgehead atoms. The molecule has 1 fully saturated rings. The Balaban J connectivity index is 2.06. The fourth-order valence-electron chi connectivity index (χ4n) is 4.62. The van der Waals surface area contributed by atoms with E-state index in [0.717, 1.165) is 25.7 Å². The number of benzene rings is 2. The molecule has 1 amide bonds. The summed E-state index contributed by atoms with van der Waals surface area (Å²) < 4.78 is 24.9. The zero-order chi connectivity index (χ0) is 28.0. The van der Waals surface area contributed by atoms with Crippen molar-refractivity contribution in [1.82, 2.24) is 4.90 Å². The lowest BCUT2D eigenvalue weighted by atomic mass is 9.94. The molecule has 1 saturated heterocycles. The van der Waals surface area contributed by atoms with Crippen LogP contribution in [0.3, 0.4) is 0 Å². The van der Waals surface area contributed by atoms with Crippen molar-refractivity contribution >= 4 is 23.4 Å². The van der Waals surface area contributed by atoms with Gasteiger partial charge in [0.1, 0.15) is 0 Å². The lowest BCUT2D eigenvalue weighted by Gasteiger charge is -2.28. The summed E-state index contributed by atoms with van der Waals surface area (Å²) in [6.07, 6.45) is 0.364. The highest BCUT2D eigenvalue weighted by Crippen LogP contribution is 2.39. The predicted molar refractivity (Wildman–Crippen MR) is 138 cm³/mol. The zero-order valence-corrected chi connectivity index (χ0v) is 22.5. The molecule has 8 nitrogen and oxygen atoms in total. The maximum Gasteiger partial charge on any atom is 0.337 e. The Hall–Kier alpha value is -3.72. The highest BCUT2D eigenvalue weighted by atomic mass is 19.1. The SMILES string of the molecule is CC[NH+](CC)CCCN1C(=O)C(=O)C(=C([O-])c2ccc(OC(C)C)c(F)c2)C1c1ccc(C(=O)OC)cc1. The molecular weight excluding hydrogens is 491 g/mol. The molecule has 1 aliphatic rings. The van der Waals surface area contributed by atoms with Crippen molar-refractivity contribution < 1.29 is 38.3 Å². The van der Waals surface area contributed by atoms with E-state index in [1.807, 2.05) is 0 Å². The van der Waals surface area contributed by atoms with Gasteiger partial charge >= 0.3 is 5.97 Å². The van der Waals surface area contributed by atoms with Crippen molar-refractivity contribution in [3.05, 3.63) is 70.5 Å². The predicted octanol–water partition coefficient (Wildman–Crippen LogP) is 1.94. The van der Waals surface area contributed by atoms with Gasteiger partial charge in [-0.25, -0.2) is 9.18 Å². The first kappa shape index (κ1) is 28.8. The number of nitrogens with one attached hydrogen (secondary N) is 1. The van der Waals surface area contributed by atoms with Gasteiger partial charge in [-0.05, 0) is 63.1 Å². The Morgan fingerprint density at radius 1 is 1.08 bits per heavy atom. The van der Waals surface area contributed by atoms with Crippen LogP contribution in [0.15, 0.2) is 48.0 Å². The van der Waals surface area contributed by atoms with Crippen LogP contribution in [0.4, 0.5) is 4.39 Å². The molecule has 2 aromatic carbocycles. The fourth-order valence-corrected chi connectivity index (χ4v) is 4.62. The highest BCUT2D eigenvalue weighted by molar-refractivity contribution is 6.46. The number of ether oxygens (including phenoxy) is 2. The van der Waals surface area contributed by atoms with Gasteiger partial charge in [0.25, 0.3) is 5.91 Å². The molecule has 38 heavy (non-hydrogen) atoms. The van der Waals surface area contributed by atoms with E-state index >= 15 is 0 Å². The van der Waals surface area contributed by atoms with Gasteiger partial charge in [-0.3, -0.25) is 9.59 Å². The Morgan fingerprint density at radius 3 is 2.26 bits per heavy atom. The molecular formula is C29H35FN2O6. The molecule has 9 heteroatoms. The second-order valence-corrected chi connectivity index (χ2v) is 9.46. The number of quaternary nitrogens is 1. The molecule has 1 N–H and O–H groups in total. The summed E-state index contributed by atoms with van der Waals surface area (Å²) >= 11 is 0. The second kappa shape index (κ2) is 12.7. The molecule has 1 heterocycles. The van der Waals surface area contributed by atoms with Crippen LogP contribution in [0.5, 0.6) is 5.75 Å². The lowest BCUT2D eigenvalue weighted by molar-refractivity contribution is -0.896. The number of halogens is 1. The van der Waals surface area contributed by atoms with Crippen LogP contribution in [-0.2, 0) is 14.3 Å². The molecule has 0 aromatic heterocycles. The zero-order valence-electron chi connectivity index (χ0n) is 22.5. The van der Waals surface area contributed by atoms with Crippen molar-refractivity contribution in [1.29, 1.82) is 0 Å². The molecule has 1 unspecified atom stereocenters. The van der Waals surface area contributed by atoms with Gasteiger partial charge in [-0.2, -0.15) is 0 Å². The van der Waals surface area contributed by atoms with Crippen LogP contribution in [0.1, 0.15) is 61.6 Å². The van der Waals surface area contributed by atoms with E-state index in [9.17, 15) is 23.9 Å². The number of nitrogens with zero attached hydrogens (tertiary/aromatic N) is 1. The molecule has 2 aromatic rings. The number of ketones is 1. The molecule has 204 valence electrons. The number of rotatable bonds is 11. The monoisotopic (exact) mass is 526 g/mol. The van der Waals surface area contributed by atoms with Gasteiger partial charge in [0.15, 0.2) is 11.6 Å². The molecule has 0 radical (unpaired) electrons. The summed E-state index contributed by atoms with van der Waals surface area (Å²) in [4.78, 5) is 41.0. The van der Waals surface area contributed by atoms with Crippen molar-refractivity contribution in [3.63, 3.8) is 0 Å². The molecule has 0 spiro atoms. The van der Waals surface area contributed by atoms with E-state index in [1.165, 1.54) is 41.2 Å². The summed E-state index contributed by atoms with van der Waals surface area (Å²) in [6.45, 7) is 10.6. The second-order valence-electron chi connectivity index (χ2n) is 9.46. The topological polar surface area (TPSA) is 100 Å². The van der Waals surface area contributed by atoms with E-state index in [0.29, 0.717) is 17.5 Å². The Bertz CT molecular complexity index is 1200. The minimum atomic E-state index is -0.962. The molecule has 1 aliphatic heterocycles. The average molecular weight is 527 g/mol. The molecule has 3 rings (SSSR count). The van der Waals surface area contributed by atoms with Gasteiger partial charge in [-0.1, -0.05) is 24.0 Å². The maximum absolute atomic E-state index is 14.7. The third-order valence-electron chi connectivity index (χ3n) is 6.66. The van der Waals surface area contributed by atoms with Crippen molar-refractivity contribution in [2.45, 2.75) is 46.3 Å². The number of esters is 1. The Labute approximate surface area is 222 Å². The summed E-state index contributed by atoms with van der Waals surface area (Å²) in [5, 5.41) is 13.6. The van der Waals surface area contributed by atoms with Gasteiger partial charge in [0, 0.05) is 18.5 Å². The van der Waals surface area contributed by atoms with E-state index in [1.54, 1.807) is 26.0 Å². The smallest absolute Gasteiger partial charge is 0.337 e. The molecule has 0 aliphatic carbocycles. The third-order valence-corrected chi connectivity index (χ3v) is 6.66. The number of methoxy groups -OCH3 is 1. The van der Waals surface area contributed by atoms with Crippen molar-refractivity contribution in [2.24, 2.45) is 0 Å². The van der Waals surface area contributed by atoms with E-state index < -0.39 is 35.3 Å². The Morgan fingerprint density at radius 2 is 1.71 bits per heavy atom. The number of carbonyl (C=O) groups excluding carboxylic acids is 3. The minimum Gasteiger partial charge on any atom is -0.872 e. The normalized spacial score (nSPS) is 16.9. The summed E-state index contributed by atoms with van der Waals surface area (Å²) in [5.41, 5.74) is 0.489. The third kappa shape index (κ3) is 6.22. The first-order chi connectivity index (χ1) is 18.1. The van der Waals surface area contributed by atoms with E-state index in [4.69, 9.17) is 9.47 Å². The van der Waals surface area contributed by atoms with Gasteiger partial charge < -0.3 is 24.4 Å². The average Bonchev–Trinajstić information content (AvgIpc) is 3.16. The van der Waals surface area contributed by atoms with Crippen LogP contribution >= 0.6 is 0 Å². The first-order valence-corrected chi connectivity index (χ1v) is 12.9. The summed E-state index contributed by atoms with van der Waals surface area (Å²) in [7, 11) is 1.27. The first-order valence-electron chi connectivity index (χ1n) is 12.9. The van der Waals surface area contributed by atoms with Crippen LogP contribution in [-0.4, -0.2) is 62.0 Å². The molecule has 0 saturated carbocycles. The number of hydrogen-bond donors (Lipinski definition) is 1. The van der Waals surface area contributed by atoms with Gasteiger partial charge in [0.2, 0.25) is 5.78 Å². The fraction of sp³-hybridized carbons (Fsp3) is 0.414. The lowest BCUT2D eigenvalue weighted by Crippen LogP contribution is -3.11.